The van der Waals surface area contributed by atoms with Crippen LogP contribution in [0.5, 0.6) is 0 Å². The summed E-state index contributed by atoms with van der Waals surface area (Å²) >= 11 is 0. The first-order chi connectivity index (χ1) is 13.2. The number of benzene rings is 1. The zero-order valence-corrected chi connectivity index (χ0v) is 16.2. The summed E-state index contributed by atoms with van der Waals surface area (Å²) < 4.78 is 0. The molecule has 5 nitrogen and oxygen atoms in total. The van der Waals surface area contributed by atoms with E-state index >= 15 is 0 Å². The van der Waals surface area contributed by atoms with E-state index in [4.69, 9.17) is 0 Å². The Labute approximate surface area is 161 Å². The second-order valence-corrected chi connectivity index (χ2v) is 7.83. The van der Waals surface area contributed by atoms with E-state index in [1.54, 1.807) is 0 Å². The van der Waals surface area contributed by atoms with Crippen molar-refractivity contribution >= 4 is 5.91 Å². The molecule has 0 bridgehead atoms. The average Bonchev–Trinajstić information content (AvgIpc) is 2.92. The Morgan fingerprint density at radius 2 is 1.96 bits per heavy atom. The third kappa shape index (κ3) is 4.19. The summed E-state index contributed by atoms with van der Waals surface area (Å²) in [5, 5.41) is 8.63. The summed E-state index contributed by atoms with van der Waals surface area (Å²) in [6, 6.07) is 8.07. The maximum absolute atomic E-state index is 13.0. The van der Waals surface area contributed by atoms with Gasteiger partial charge in [-0.25, -0.2) is 0 Å². The van der Waals surface area contributed by atoms with Crippen molar-refractivity contribution in [3.05, 3.63) is 58.4 Å². The highest BCUT2D eigenvalue weighted by Crippen LogP contribution is 2.24. The lowest BCUT2D eigenvalue weighted by Gasteiger charge is -2.21. The van der Waals surface area contributed by atoms with Crippen LogP contribution < -0.4 is 0 Å². The predicted octanol–water partition coefficient (Wildman–Crippen LogP) is 2.72. The van der Waals surface area contributed by atoms with Gasteiger partial charge in [0.15, 0.2) is 0 Å². The van der Waals surface area contributed by atoms with Gasteiger partial charge in [-0.3, -0.25) is 4.79 Å². The monoisotopic (exact) mass is 364 g/mol. The number of carbonyl (C=O) groups is 1. The van der Waals surface area contributed by atoms with Crippen LogP contribution in [0.1, 0.15) is 52.0 Å². The molecule has 0 spiro atoms. The van der Waals surface area contributed by atoms with Crippen molar-refractivity contribution in [3.63, 3.8) is 0 Å². The van der Waals surface area contributed by atoms with Crippen molar-refractivity contribution in [3.8, 4) is 0 Å². The van der Waals surface area contributed by atoms with Crippen molar-refractivity contribution in [1.29, 1.82) is 0 Å². The van der Waals surface area contributed by atoms with Gasteiger partial charge in [0.25, 0.3) is 5.91 Å². The average molecular weight is 364 g/mol. The molecule has 142 valence electrons. The molecular formula is C22H28N4O. The lowest BCUT2D eigenvalue weighted by Crippen LogP contribution is -2.34. The number of aromatic nitrogens is 2. The Bertz CT molecular complexity index is 820. The van der Waals surface area contributed by atoms with Gasteiger partial charge in [-0.15, -0.1) is 0 Å². The Kier molecular flexibility index (Phi) is 5.48. The molecule has 1 aromatic heterocycles. The topological polar surface area (TPSA) is 49.3 Å². The van der Waals surface area contributed by atoms with Crippen molar-refractivity contribution in [2.24, 2.45) is 0 Å². The van der Waals surface area contributed by atoms with E-state index in [0.29, 0.717) is 0 Å². The van der Waals surface area contributed by atoms with Crippen molar-refractivity contribution in [2.75, 3.05) is 33.2 Å². The number of aryl methyl sites for hydroxylation is 1. The van der Waals surface area contributed by atoms with Gasteiger partial charge >= 0.3 is 0 Å². The van der Waals surface area contributed by atoms with Crippen LogP contribution in [0, 0.1) is 0 Å². The van der Waals surface area contributed by atoms with E-state index < -0.39 is 0 Å². The number of hydrogen-bond donors (Lipinski definition) is 0. The van der Waals surface area contributed by atoms with Gasteiger partial charge in [0.2, 0.25) is 0 Å². The Morgan fingerprint density at radius 3 is 2.89 bits per heavy atom. The zero-order valence-electron chi connectivity index (χ0n) is 16.2. The first-order valence-electron chi connectivity index (χ1n) is 10.1. The van der Waals surface area contributed by atoms with Crippen LogP contribution >= 0.6 is 0 Å². The Hall–Kier alpha value is -2.27. The van der Waals surface area contributed by atoms with Crippen molar-refractivity contribution in [1.82, 2.24) is 20.0 Å². The lowest BCUT2D eigenvalue weighted by molar-refractivity contribution is 0.0762. The lowest BCUT2D eigenvalue weighted by atomic mass is 9.90. The molecule has 27 heavy (non-hydrogen) atoms. The molecule has 1 fully saturated rings. The van der Waals surface area contributed by atoms with Gasteiger partial charge in [0, 0.05) is 31.6 Å². The van der Waals surface area contributed by atoms with E-state index in [2.05, 4.69) is 28.2 Å². The fourth-order valence-corrected chi connectivity index (χ4v) is 4.21. The van der Waals surface area contributed by atoms with Gasteiger partial charge in [-0.05, 0) is 74.5 Å². The van der Waals surface area contributed by atoms with Gasteiger partial charge in [0.1, 0.15) is 0 Å². The second-order valence-electron chi connectivity index (χ2n) is 7.83. The quantitative estimate of drug-likeness (QED) is 0.840. The van der Waals surface area contributed by atoms with Gasteiger partial charge in [-0.1, -0.05) is 12.1 Å². The Balaban J connectivity index is 1.52. The fraction of sp³-hybridized carbons (Fsp3) is 0.500. The summed E-state index contributed by atoms with van der Waals surface area (Å²) in [4.78, 5) is 17.3. The maximum atomic E-state index is 13.0. The molecule has 0 unspecified atom stereocenters. The fourth-order valence-electron chi connectivity index (χ4n) is 4.21. The molecule has 1 saturated heterocycles. The standard InChI is InChI=1S/C22H28N4O/c1-25-10-5-11-26(13-12-25)22(27)18-8-4-6-17(14-18)15-21-20-9-3-2-7-19(20)16-23-24-21/h4,6,8,14,16H,2-3,5,7,9-13,15H2,1H3. The molecule has 2 heterocycles. The number of hydrogen-bond acceptors (Lipinski definition) is 4. The van der Waals surface area contributed by atoms with Gasteiger partial charge in [0.05, 0.1) is 11.9 Å². The second kappa shape index (κ2) is 8.17. The molecule has 0 radical (unpaired) electrons. The summed E-state index contributed by atoms with van der Waals surface area (Å²) in [7, 11) is 2.12. The third-order valence-corrected chi connectivity index (χ3v) is 5.80. The minimum atomic E-state index is 0.147. The maximum Gasteiger partial charge on any atom is 0.253 e. The molecule has 2 aromatic rings. The zero-order chi connectivity index (χ0) is 18.6. The van der Waals surface area contributed by atoms with Crippen molar-refractivity contribution in [2.45, 2.75) is 38.5 Å². The molecule has 0 saturated carbocycles. The smallest absolute Gasteiger partial charge is 0.253 e. The van der Waals surface area contributed by atoms with Crippen LogP contribution in [0.3, 0.4) is 0 Å². The van der Waals surface area contributed by atoms with Crippen LogP contribution in [-0.4, -0.2) is 59.1 Å². The number of carbonyl (C=O) groups excluding carboxylic acids is 1. The number of nitrogens with zero attached hydrogens (tertiary/aromatic N) is 4. The minimum absolute atomic E-state index is 0.147. The molecule has 2 aliphatic rings. The van der Waals surface area contributed by atoms with Crippen molar-refractivity contribution < 1.29 is 4.79 Å². The van der Waals surface area contributed by atoms with E-state index in [1.165, 1.54) is 24.0 Å². The van der Waals surface area contributed by atoms with E-state index in [0.717, 1.165) is 68.7 Å². The predicted molar refractivity (Wildman–Crippen MR) is 106 cm³/mol. The number of fused-ring (bicyclic) bond motifs is 1. The van der Waals surface area contributed by atoms with E-state index in [-0.39, 0.29) is 5.91 Å². The summed E-state index contributed by atoms with van der Waals surface area (Å²) in [6.07, 6.45) is 8.39. The summed E-state index contributed by atoms with van der Waals surface area (Å²) in [5.74, 6) is 0.147. The minimum Gasteiger partial charge on any atom is -0.337 e. The van der Waals surface area contributed by atoms with Crippen LogP contribution in [0.15, 0.2) is 30.5 Å². The first kappa shape index (κ1) is 18.1. The molecular weight excluding hydrogens is 336 g/mol. The van der Waals surface area contributed by atoms with E-state index in [1.807, 2.05) is 29.3 Å². The highest BCUT2D eigenvalue weighted by molar-refractivity contribution is 5.94. The van der Waals surface area contributed by atoms with Crippen LogP contribution in [0.4, 0.5) is 0 Å². The number of rotatable bonds is 3. The molecule has 4 rings (SSSR count). The third-order valence-electron chi connectivity index (χ3n) is 5.80. The van der Waals surface area contributed by atoms with Crippen LogP contribution in [0.2, 0.25) is 0 Å². The highest BCUT2D eigenvalue weighted by Gasteiger charge is 2.20. The molecule has 1 aliphatic carbocycles. The molecule has 1 aromatic carbocycles. The summed E-state index contributed by atoms with van der Waals surface area (Å²) in [6.45, 7) is 3.64. The van der Waals surface area contributed by atoms with E-state index in [9.17, 15) is 4.79 Å². The molecule has 0 atom stereocenters. The number of likely N-dealkylation sites (N-methyl/N-ethyl adjacent to an activating group) is 1. The van der Waals surface area contributed by atoms with Crippen LogP contribution in [0.25, 0.3) is 0 Å². The largest absolute Gasteiger partial charge is 0.337 e. The molecule has 0 N–H and O–H groups in total. The molecule has 1 aliphatic heterocycles. The summed E-state index contributed by atoms with van der Waals surface area (Å²) in [5.41, 5.74) is 5.74. The van der Waals surface area contributed by atoms with Crippen LogP contribution in [-0.2, 0) is 19.3 Å². The van der Waals surface area contributed by atoms with Gasteiger partial charge in [-0.2, -0.15) is 10.2 Å². The van der Waals surface area contributed by atoms with Gasteiger partial charge < -0.3 is 9.80 Å². The number of amides is 1. The first-order valence-corrected chi connectivity index (χ1v) is 10.1. The molecule has 5 heteroatoms. The highest BCUT2D eigenvalue weighted by atomic mass is 16.2. The normalized spacial score (nSPS) is 18.0. The SMILES string of the molecule is CN1CCCN(C(=O)c2cccc(Cc3nncc4c3CCCC4)c2)CC1. The molecule has 1 amide bonds. The Morgan fingerprint density at radius 1 is 1.07 bits per heavy atom.